The summed E-state index contributed by atoms with van der Waals surface area (Å²) in [7, 11) is -4.64. The monoisotopic (exact) mass is 225 g/mol. The number of rotatable bonds is 0. The van der Waals surface area contributed by atoms with Crippen LogP contribution in [0.4, 0.5) is 0 Å². The molecule has 8 heavy (non-hydrogen) atoms. The van der Waals surface area contributed by atoms with Crippen LogP contribution in [0.25, 0.3) is 0 Å². The second kappa shape index (κ2) is 9.34. The van der Waals surface area contributed by atoms with Crippen molar-refractivity contribution in [2.75, 3.05) is 0 Å². The van der Waals surface area contributed by atoms with Crippen LogP contribution in [0.15, 0.2) is 0 Å². The molecule has 4 nitrogen and oxygen atoms in total. The predicted molar refractivity (Wildman–Crippen MR) is 21.4 cm³/mol. The van der Waals surface area contributed by atoms with Crippen molar-refractivity contribution in [3.63, 3.8) is 0 Å². The Hall–Kier alpha value is 2.34. The zero-order valence-corrected chi connectivity index (χ0v) is 6.71. The zero-order valence-electron chi connectivity index (χ0n) is 3.08. The fourth-order valence-corrected chi connectivity index (χ4v) is 0. The molecule has 3 N–H and O–H groups in total. The molecule has 0 aromatic rings. The molecule has 1 radical (unpaired) electrons. The maximum absolute atomic E-state index is 8.88. The van der Waals surface area contributed by atoms with Crippen molar-refractivity contribution in [2.24, 2.45) is 0 Å². The Morgan fingerprint density at radius 2 is 1.12 bits per heavy atom. The normalized spacial score (nSPS) is 7.38. The van der Waals surface area contributed by atoms with E-state index < -0.39 is 7.82 Å². The third-order valence-corrected chi connectivity index (χ3v) is 0. The molecule has 0 saturated carbocycles. The van der Waals surface area contributed by atoms with Crippen LogP contribution in [0.5, 0.6) is 0 Å². The van der Waals surface area contributed by atoms with Gasteiger partial charge in [-0.3, -0.25) is 0 Å². The molecule has 0 spiro atoms. The van der Waals surface area contributed by atoms with Gasteiger partial charge in [-0.05, 0) is 0 Å². The minimum Gasteiger partial charge on any atom is 0 e. The van der Waals surface area contributed by atoms with Gasteiger partial charge < -0.3 is 14.7 Å². The van der Waals surface area contributed by atoms with E-state index in [0.717, 1.165) is 0 Å². The van der Waals surface area contributed by atoms with Crippen LogP contribution in [0.1, 0.15) is 0 Å². The maximum atomic E-state index is 8.88. The molecular weight excluding hydrogens is 221 g/mol. The Morgan fingerprint density at radius 1 is 1.12 bits per heavy atom. The van der Waals surface area contributed by atoms with Crippen LogP contribution >= 0.6 is 7.82 Å². The first kappa shape index (κ1) is 22.4. The van der Waals surface area contributed by atoms with E-state index in [1.54, 1.807) is 0 Å². The molecule has 0 fully saturated rings. The average Bonchev–Trinajstić information content (AvgIpc) is 0.722. The molecule has 0 saturated heterocycles. The molecule has 0 unspecified atom stereocenters. The number of hydrogen-bond acceptors (Lipinski definition) is 1. The van der Waals surface area contributed by atoms with E-state index in [-0.39, 0.29) is 68.3 Å². The van der Waals surface area contributed by atoms with Crippen molar-refractivity contribution >= 4 is 37.4 Å². The van der Waals surface area contributed by atoms with Gasteiger partial charge in [0.1, 0.15) is 0 Å². The van der Waals surface area contributed by atoms with E-state index in [9.17, 15) is 0 Å². The standard InChI is InChI=1S/Mn.Na.H3O4P.Ti.H/c;;1-5(2,3)4;;/h;;(H3,1,2,3,4);;. The quantitative estimate of drug-likeness (QED) is 0.343. The van der Waals surface area contributed by atoms with Gasteiger partial charge in [0, 0.05) is 38.8 Å². The zero-order chi connectivity index (χ0) is 4.50. The minimum atomic E-state index is -4.64. The van der Waals surface area contributed by atoms with Crippen molar-refractivity contribution in [3.8, 4) is 0 Å². The molecule has 0 aliphatic carbocycles. The van der Waals surface area contributed by atoms with Crippen molar-refractivity contribution in [3.05, 3.63) is 0 Å². The van der Waals surface area contributed by atoms with E-state index in [2.05, 4.69) is 0 Å². The Balaban J connectivity index is -0.0000000267. The summed E-state index contributed by atoms with van der Waals surface area (Å²) in [5.41, 5.74) is 0. The molecule has 0 rings (SSSR count). The summed E-state index contributed by atoms with van der Waals surface area (Å²) < 4.78 is 8.88. The summed E-state index contributed by atoms with van der Waals surface area (Å²) >= 11 is 0. The van der Waals surface area contributed by atoms with Crippen LogP contribution in [0.3, 0.4) is 0 Å². The van der Waals surface area contributed by atoms with Crippen LogP contribution < -0.4 is 0 Å². The van der Waals surface area contributed by atoms with Gasteiger partial charge in [0.25, 0.3) is 0 Å². The van der Waals surface area contributed by atoms with Gasteiger partial charge in [-0.25, -0.2) is 4.57 Å². The SMILES string of the molecule is O=P(O)(O)O.[Mn].[NaH].[Ti]. The van der Waals surface area contributed by atoms with Gasteiger partial charge in [0.05, 0.1) is 0 Å². The van der Waals surface area contributed by atoms with Gasteiger partial charge in [-0.2, -0.15) is 0 Å². The Bertz CT molecular complexity index is 62.2. The fourth-order valence-electron chi connectivity index (χ4n) is 0. The number of hydrogen-bond donors (Lipinski definition) is 3. The summed E-state index contributed by atoms with van der Waals surface area (Å²) in [6.45, 7) is 0. The fraction of sp³-hybridized carbons (Fsp3) is 0. The molecule has 0 heterocycles. The summed E-state index contributed by atoms with van der Waals surface area (Å²) in [6.07, 6.45) is 0. The van der Waals surface area contributed by atoms with Crippen molar-refractivity contribution in [2.45, 2.75) is 0 Å². The molecular formula is H4MnNaO4PTi. The van der Waals surface area contributed by atoms with Crippen molar-refractivity contribution in [1.82, 2.24) is 0 Å². The van der Waals surface area contributed by atoms with Gasteiger partial charge in [-0.1, -0.05) is 0 Å². The molecule has 45 valence electrons. The van der Waals surface area contributed by atoms with E-state index in [1.807, 2.05) is 0 Å². The van der Waals surface area contributed by atoms with Gasteiger partial charge in [0.2, 0.25) is 0 Å². The number of phosphoric acid groups is 1. The van der Waals surface area contributed by atoms with E-state index >= 15 is 0 Å². The summed E-state index contributed by atoms with van der Waals surface area (Å²) in [5, 5.41) is 0. The first-order valence-corrected chi connectivity index (χ1v) is 2.35. The van der Waals surface area contributed by atoms with E-state index in [0.29, 0.717) is 0 Å². The van der Waals surface area contributed by atoms with Crippen LogP contribution in [-0.4, -0.2) is 44.2 Å². The largest absolute Gasteiger partial charge is 0 e. The first-order valence-electron chi connectivity index (χ1n) is 0.783. The molecule has 0 atom stereocenters. The van der Waals surface area contributed by atoms with E-state index in [4.69, 9.17) is 19.2 Å². The smallest absolute Gasteiger partial charge is 0 e. The first-order chi connectivity index (χ1) is 2.00. The Labute approximate surface area is 94.3 Å². The molecule has 0 aromatic carbocycles. The second-order valence-electron chi connectivity index (χ2n) is 0.513. The molecule has 8 heteroatoms. The molecule has 0 aromatic heterocycles. The van der Waals surface area contributed by atoms with Gasteiger partial charge >= 0.3 is 37.4 Å². The minimum absolute atomic E-state index is 0. The predicted octanol–water partition coefficient (Wildman–Crippen LogP) is -1.58. The topological polar surface area (TPSA) is 77.8 Å². The van der Waals surface area contributed by atoms with Crippen LogP contribution in [0, 0.1) is 0 Å². The third kappa shape index (κ3) is 81.9. The summed E-state index contributed by atoms with van der Waals surface area (Å²) in [5.74, 6) is 0. The van der Waals surface area contributed by atoms with Gasteiger partial charge in [0.15, 0.2) is 0 Å². The summed E-state index contributed by atoms with van der Waals surface area (Å²) in [6, 6.07) is 0. The Morgan fingerprint density at radius 3 is 1.12 bits per heavy atom. The van der Waals surface area contributed by atoms with Crippen LogP contribution in [0.2, 0.25) is 0 Å². The maximum Gasteiger partial charge on any atom is 0 e. The van der Waals surface area contributed by atoms with Crippen molar-refractivity contribution in [1.29, 1.82) is 0 Å². The van der Waals surface area contributed by atoms with Gasteiger partial charge in [-0.15, -0.1) is 0 Å². The third-order valence-electron chi connectivity index (χ3n) is 0. The molecule has 0 aliphatic heterocycles. The second-order valence-corrected chi connectivity index (χ2v) is 1.54. The average molecular weight is 225 g/mol. The molecule has 0 amide bonds. The summed E-state index contributed by atoms with van der Waals surface area (Å²) in [4.78, 5) is 21.6. The van der Waals surface area contributed by atoms with Crippen LogP contribution in [-0.2, 0) is 43.4 Å². The molecule has 0 aliphatic rings. The van der Waals surface area contributed by atoms with E-state index in [1.165, 1.54) is 0 Å². The Kier molecular flexibility index (Phi) is 26.2. The molecule has 0 bridgehead atoms. The van der Waals surface area contributed by atoms with Crippen molar-refractivity contribution < 1.29 is 58.0 Å².